The molecule has 1 aliphatic rings. The van der Waals surface area contributed by atoms with Crippen LogP contribution < -0.4 is 0 Å². The Morgan fingerprint density at radius 2 is 1.35 bits per heavy atom. The summed E-state index contributed by atoms with van der Waals surface area (Å²) in [5.41, 5.74) is -12.4. The Hall–Kier alpha value is -0.503. The Labute approximate surface area is 197 Å². The SMILES string of the molecule is CCC(C)C1CCCC[N+]1(C)C[Si](OC)(OC)OC.O=S(=O)([N-]S(=O)(=O)C(F)(F)F)C(F)(F)F. The van der Waals surface area contributed by atoms with Crippen LogP contribution in [-0.4, -0.2) is 88.3 Å². The lowest BCUT2D eigenvalue weighted by atomic mass is 9.88. The predicted molar refractivity (Wildman–Crippen MR) is 113 cm³/mol. The van der Waals surface area contributed by atoms with E-state index in [1.165, 1.54) is 32.2 Å². The van der Waals surface area contributed by atoms with Gasteiger partial charge in [-0.05, 0) is 25.7 Å². The molecule has 0 radical (unpaired) electrons. The molecule has 0 N–H and O–H groups in total. The molecule has 0 aromatic heterocycles. The molecular formula is C16H32F6N2O7S2Si. The van der Waals surface area contributed by atoms with Crippen LogP contribution in [0, 0.1) is 5.92 Å². The number of halogens is 6. The van der Waals surface area contributed by atoms with Crippen LogP contribution in [0.1, 0.15) is 39.5 Å². The van der Waals surface area contributed by atoms with E-state index in [-0.39, 0.29) is 0 Å². The normalized spacial score (nSPS) is 23.7. The Morgan fingerprint density at radius 1 is 0.941 bits per heavy atom. The largest absolute Gasteiger partial charge is 0.558 e. The highest BCUT2D eigenvalue weighted by Crippen LogP contribution is 2.36. The van der Waals surface area contributed by atoms with Crippen LogP contribution in [-0.2, 0) is 33.3 Å². The van der Waals surface area contributed by atoms with Gasteiger partial charge in [-0.15, -0.1) is 0 Å². The lowest BCUT2D eigenvalue weighted by molar-refractivity contribution is -0.935. The van der Waals surface area contributed by atoms with Gasteiger partial charge in [0.15, 0.2) is 20.0 Å². The Morgan fingerprint density at radius 3 is 1.68 bits per heavy atom. The molecule has 0 aliphatic carbocycles. The highest BCUT2D eigenvalue weighted by Gasteiger charge is 2.51. The fourth-order valence-corrected chi connectivity index (χ4v) is 7.65. The van der Waals surface area contributed by atoms with Gasteiger partial charge in [0, 0.05) is 27.2 Å². The molecule has 3 atom stereocenters. The molecule has 0 saturated carbocycles. The minimum Gasteiger partial charge on any atom is -0.421 e. The average molecular weight is 571 g/mol. The van der Waals surface area contributed by atoms with Gasteiger partial charge in [-0.3, -0.25) is 0 Å². The fraction of sp³-hybridized carbons (Fsp3) is 1.00. The highest BCUT2D eigenvalue weighted by atomic mass is 32.3. The second-order valence-corrected chi connectivity index (χ2v) is 14.4. The van der Waals surface area contributed by atoms with E-state index in [1.807, 2.05) is 0 Å². The molecule has 0 bridgehead atoms. The number of sulfonamides is 2. The van der Waals surface area contributed by atoms with Crippen molar-refractivity contribution < 1.29 is 60.9 Å². The van der Waals surface area contributed by atoms with Crippen molar-refractivity contribution >= 4 is 28.9 Å². The molecule has 0 amide bonds. The predicted octanol–water partition coefficient (Wildman–Crippen LogP) is 3.51. The molecule has 1 fully saturated rings. The summed E-state index contributed by atoms with van der Waals surface area (Å²) < 4.78 is 127. The van der Waals surface area contributed by atoms with Crippen LogP contribution in [0.4, 0.5) is 26.3 Å². The van der Waals surface area contributed by atoms with Gasteiger partial charge >= 0.3 is 19.8 Å². The van der Waals surface area contributed by atoms with Crippen molar-refractivity contribution in [2.45, 2.75) is 56.6 Å². The summed E-state index contributed by atoms with van der Waals surface area (Å²) in [5.74, 6) is 0.738. The molecule has 3 unspecified atom stereocenters. The Kier molecular flexibility index (Phi) is 12.0. The van der Waals surface area contributed by atoms with E-state index in [4.69, 9.17) is 13.3 Å². The van der Waals surface area contributed by atoms with Crippen molar-refractivity contribution in [2.24, 2.45) is 5.92 Å². The maximum Gasteiger partial charge on any atom is 0.558 e. The van der Waals surface area contributed by atoms with Gasteiger partial charge < -0.3 is 21.9 Å². The van der Waals surface area contributed by atoms with Gasteiger partial charge in [0.25, 0.3) is 0 Å². The van der Waals surface area contributed by atoms with E-state index in [2.05, 4.69) is 20.9 Å². The molecule has 9 nitrogen and oxygen atoms in total. The summed E-state index contributed by atoms with van der Waals surface area (Å²) in [6, 6.07) is 0.700. The third-order valence-electron chi connectivity index (χ3n) is 5.79. The molecule has 1 heterocycles. The van der Waals surface area contributed by atoms with Crippen LogP contribution in [0.2, 0.25) is 0 Å². The van der Waals surface area contributed by atoms with Gasteiger partial charge in [-0.1, -0.05) is 13.8 Å². The number of hydrogen-bond donors (Lipinski definition) is 0. The second kappa shape index (κ2) is 12.2. The number of nitrogens with zero attached hydrogens (tertiary/aromatic N) is 2. The van der Waals surface area contributed by atoms with Crippen molar-refractivity contribution in [3.05, 3.63) is 4.13 Å². The minimum absolute atomic E-state index is 0.700. The third kappa shape index (κ3) is 8.56. The third-order valence-corrected chi connectivity index (χ3v) is 11.5. The number of hydrogen-bond acceptors (Lipinski definition) is 7. The molecule has 34 heavy (non-hydrogen) atoms. The van der Waals surface area contributed by atoms with E-state index in [1.54, 1.807) is 21.3 Å². The van der Waals surface area contributed by atoms with E-state index in [0.29, 0.717) is 6.04 Å². The quantitative estimate of drug-likeness (QED) is 0.237. The van der Waals surface area contributed by atoms with Crippen LogP contribution in [0.3, 0.4) is 0 Å². The zero-order valence-corrected chi connectivity index (χ0v) is 22.4. The molecule has 18 heteroatoms. The van der Waals surface area contributed by atoms with Crippen LogP contribution in [0.25, 0.3) is 4.13 Å². The number of piperidine rings is 1. The van der Waals surface area contributed by atoms with Crippen molar-refractivity contribution in [3.63, 3.8) is 0 Å². The van der Waals surface area contributed by atoms with Gasteiger partial charge in [0.05, 0.1) is 19.6 Å². The van der Waals surface area contributed by atoms with Crippen molar-refractivity contribution in [1.82, 2.24) is 0 Å². The summed E-state index contributed by atoms with van der Waals surface area (Å²) in [5, 5.41) is 0. The first-order chi connectivity index (χ1) is 15.2. The Bertz CT molecular complexity index is 801. The number of alkyl halides is 6. The number of rotatable bonds is 9. The van der Waals surface area contributed by atoms with Gasteiger partial charge in [0.2, 0.25) is 0 Å². The molecule has 1 aliphatic heterocycles. The Balaban J connectivity index is 0.000000661. The van der Waals surface area contributed by atoms with Crippen LogP contribution >= 0.6 is 0 Å². The molecule has 1 saturated heterocycles. The standard InChI is InChI=1S/C14H32NO3Si.C2F6NO4S2/c1-7-13(2)14-10-8-9-11-15(14,3)12-19(16-4,17-5)18-6;3-1(4,5)14(10,11)9-15(12,13)2(6,7)8/h13-14H,7-12H2,1-6H3;/q+1;-1. The lowest BCUT2D eigenvalue weighted by Gasteiger charge is -2.49. The zero-order valence-electron chi connectivity index (χ0n) is 19.7. The monoisotopic (exact) mass is 570 g/mol. The zero-order chi connectivity index (χ0) is 27.2. The molecule has 0 spiro atoms. The molecule has 0 aromatic rings. The fourth-order valence-electron chi connectivity index (χ4n) is 3.77. The minimum atomic E-state index is -6.72. The van der Waals surface area contributed by atoms with Gasteiger partial charge in [-0.25, -0.2) is 16.8 Å². The second-order valence-electron chi connectivity index (χ2n) is 8.02. The van der Waals surface area contributed by atoms with Crippen LogP contribution in [0.5, 0.6) is 0 Å². The number of quaternary nitrogens is 1. The topological polar surface area (TPSA) is 110 Å². The summed E-state index contributed by atoms with van der Waals surface area (Å²) >= 11 is 0. The van der Waals surface area contributed by atoms with E-state index in [9.17, 15) is 43.2 Å². The van der Waals surface area contributed by atoms with Crippen molar-refractivity contribution in [3.8, 4) is 0 Å². The summed E-state index contributed by atoms with van der Waals surface area (Å²) in [7, 11) is -8.44. The lowest BCUT2D eigenvalue weighted by Crippen LogP contribution is -2.66. The van der Waals surface area contributed by atoms with E-state index in [0.717, 1.165) is 20.7 Å². The summed E-state index contributed by atoms with van der Waals surface area (Å²) in [6.45, 7) is 5.87. The van der Waals surface area contributed by atoms with Crippen LogP contribution in [0.15, 0.2) is 0 Å². The van der Waals surface area contributed by atoms with E-state index < -0.39 is 39.9 Å². The van der Waals surface area contributed by atoms with Crippen molar-refractivity contribution in [1.29, 1.82) is 0 Å². The smallest absolute Gasteiger partial charge is 0.421 e. The maximum absolute atomic E-state index is 11.4. The van der Waals surface area contributed by atoms with Crippen molar-refractivity contribution in [2.75, 3.05) is 41.1 Å². The first-order valence-corrected chi connectivity index (χ1v) is 14.8. The first kappa shape index (κ1) is 33.5. The highest BCUT2D eigenvalue weighted by molar-refractivity contribution is 8.13. The molecular weight excluding hydrogens is 538 g/mol. The average Bonchev–Trinajstić information content (AvgIpc) is 2.70. The summed E-state index contributed by atoms with van der Waals surface area (Å²) in [6.07, 6.45) is 6.08. The maximum atomic E-state index is 11.4. The molecule has 1 rings (SSSR count). The molecule has 206 valence electrons. The first-order valence-electron chi connectivity index (χ1n) is 10.0. The number of likely N-dealkylation sites (tertiary alicyclic amines) is 1. The van der Waals surface area contributed by atoms with Gasteiger partial charge in [0.1, 0.15) is 6.17 Å². The van der Waals surface area contributed by atoms with Gasteiger partial charge in [-0.2, -0.15) is 26.3 Å². The van der Waals surface area contributed by atoms with E-state index >= 15 is 0 Å². The molecule has 0 aromatic carbocycles. The summed E-state index contributed by atoms with van der Waals surface area (Å²) in [4.78, 5) is 0.